The van der Waals surface area contributed by atoms with E-state index in [1.807, 2.05) is 0 Å². The summed E-state index contributed by atoms with van der Waals surface area (Å²) in [5, 5.41) is 6.20. The lowest BCUT2D eigenvalue weighted by molar-refractivity contribution is 0.268. The molecule has 0 spiro atoms. The number of hydrogen-bond acceptors (Lipinski definition) is 2. The standard InChI is InChI=1S/C19H25NO/c1-14(2)13-21-19-10-9-16-5-3-4-6-17(16)18(19)12-20-11-15-7-8-15/h3-6,9-10,14-15,20H,7-8,11-13H2,1-2H3. The molecule has 0 amide bonds. The molecule has 0 aromatic heterocycles. The molecular formula is C19H25NO. The Bertz CT molecular complexity index is 602. The third-order valence-corrected chi connectivity index (χ3v) is 4.00. The van der Waals surface area contributed by atoms with E-state index >= 15 is 0 Å². The fraction of sp³-hybridized carbons (Fsp3) is 0.474. The lowest BCUT2D eigenvalue weighted by atomic mass is 10.0. The maximum Gasteiger partial charge on any atom is 0.124 e. The van der Waals surface area contributed by atoms with E-state index in [4.69, 9.17) is 4.74 Å². The fourth-order valence-corrected chi connectivity index (χ4v) is 2.61. The van der Waals surface area contributed by atoms with Crippen molar-refractivity contribution in [3.8, 4) is 5.75 Å². The highest BCUT2D eigenvalue weighted by molar-refractivity contribution is 5.87. The Hall–Kier alpha value is -1.54. The van der Waals surface area contributed by atoms with Crippen LogP contribution in [0.4, 0.5) is 0 Å². The molecule has 112 valence electrons. The normalized spacial score (nSPS) is 14.8. The highest BCUT2D eigenvalue weighted by Crippen LogP contribution is 2.30. The third-order valence-electron chi connectivity index (χ3n) is 4.00. The van der Waals surface area contributed by atoms with E-state index in [2.05, 4.69) is 55.6 Å². The van der Waals surface area contributed by atoms with Crippen LogP contribution in [0.2, 0.25) is 0 Å². The topological polar surface area (TPSA) is 21.3 Å². The number of fused-ring (bicyclic) bond motifs is 1. The molecule has 1 N–H and O–H groups in total. The molecule has 0 heterocycles. The van der Waals surface area contributed by atoms with Crippen molar-refractivity contribution < 1.29 is 4.74 Å². The molecule has 0 radical (unpaired) electrons. The first-order valence-electron chi connectivity index (χ1n) is 8.08. The van der Waals surface area contributed by atoms with E-state index in [0.29, 0.717) is 5.92 Å². The predicted octanol–water partition coefficient (Wildman–Crippen LogP) is 4.37. The van der Waals surface area contributed by atoms with Gasteiger partial charge in [0.1, 0.15) is 5.75 Å². The quantitative estimate of drug-likeness (QED) is 0.814. The fourth-order valence-electron chi connectivity index (χ4n) is 2.61. The van der Waals surface area contributed by atoms with E-state index in [-0.39, 0.29) is 0 Å². The number of hydrogen-bond donors (Lipinski definition) is 1. The van der Waals surface area contributed by atoms with Crippen LogP contribution >= 0.6 is 0 Å². The average Bonchev–Trinajstić information content (AvgIpc) is 3.30. The van der Waals surface area contributed by atoms with Gasteiger partial charge in [-0.1, -0.05) is 44.2 Å². The lowest BCUT2D eigenvalue weighted by Gasteiger charge is -2.16. The van der Waals surface area contributed by atoms with Gasteiger partial charge < -0.3 is 10.1 Å². The molecular weight excluding hydrogens is 258 g/mol. The van der Waals surface area contributed by atoms with Gasteiger partial charge in [0.05, 0.1) is 6.61 Å². The van der Waals surface area contributed by atoms with Crippen molar-refractivity contribution >= 4 is 10.8 Å². The summed E-state index contributed by atoms with van der Waals surface area (Å²) in [6, 6.07) is 12.9. The molecule has 2 nitrogen and oxygen atoms in total. The van der Waals surface area contributed by atoms with Gasteiger partial charge in [-0.15, -0.1) is 0 Å². The summed E-state index contributed by atoms with van der Waals surface area (Å²) in [6.07, 6.45) is 2.78. The summed E-state index contributed by atoms with van der Waals surface area (Å²) in [5.41, 5.74) is 1.30. The Balaban J connectivity index is 1.83. The Kier molecular flexibility index (Phi) is 4.45. The van der Waals surface area contributed by atoms with Crippen molar-refractivity contribution in [2.45, 2.75) is 33.2 Å². The van der Waals surface area contributed by atoms with E-state index < -0.39 is 0 Å². The van der Waals surface area contributed by atoms with Crippen LogP contribution in [0.1, 0.15) is 32.3 Å². The minimum absolute atomic E-state index is 0.545. The SMILES string of the molecule is CC(C)COc1ccc2ccccc2c1CNCC1CC1. The smallest absolute Gasteiger partial charge is 0.124 e. The minimum Gasteiger partial charge on any atom is -0.493 e. The van der Waals surface area contributed by atoms with Crippen molar-refractivity contribution in [1.29, 1.82) is 0 Å². The molecule has 0 saturated heterocycles. The molecule has 1 saturated carbocycles. The summed E-state index contributed by atoms with van der Waals surface area (Å²) >= 11 is 0. The van der Waals surface area contributed by atoms with Crippen LogP contribution in [0, 0.1) is 11.8 Å². The molecule has 3 rings (SSSR count). The molecule has 0 unspecified atom stereocenters. The lowest BCUT2D eigenvalue weighted by Crippen LogP contribution is -2.17. The van der Waals surface area contributed by atoms with E-state index in [9.17, 15) is 0 Å². The maximum absolute atomic E-state index is 6.04. The van der Waals surface area contributed by atoms with E-state index in [0.717, 1.165) is 31.4 Å². The zero-order valence-electron chi connectivity index (χ0n) is 13.1. The third kappa shape index (κ3) is 3.76. The molecule has 1 fully saturated rings. The molecule has 0 aliphatic heterocycles. The van der Waals surface area contributed by atoms with Gasteiger partial charge in [0, 0.05) is 12.1 Å². The van der Waals surface area contributed by atoms with Crippen molar-refractivity contribution in [3.63, 3.8) is 0 Å². The summed E-state index contributed by atoms with van der Waals surface area (Å²) in [6.45, 7) is 7.17. The molecule has 2 aromatic carbocycles. The van der Waals surface area contributed by atoms with Crippen LogP contribution in [0.3, 0.4) is 0 Å². The molecule has 1 aliphatic rings. The minimum atomic E-state index is 0.545. The van der Waals surface area contributed by atoms with Gasteiger partial charge in [0.25, 0.3) is 0 Å². The maximum atomic E-state index is 6.04. The van der Waals surface area contributed by atoms with Crippen LogP contribution in [0.15, 0.2) is 36.4 Å². The zero-order valence-corrected chi connectivity index (χ0v) is 13.1. The molecule has 21 heavy (non-hydrogen) atoms. The Labute approximate surface area is 127 Å². The van der Waals surface area contributed by atoms with Crippen molar-refractivity contribution in [2.75, 3.05) is 13.2 Å². The average molecular weight is 283 g/mol. The first-order chi connectivity index (χ1) is 10.2. The Morgan fingerprint density at radius 2 is 1.95 bits per heavy atom. The number of rotatable bonds is 7. The highest BCUT2D eigenvalue weighted by Gasteiger charge is 2.20. The van der Waals surface area contributed by atoms with Gasteiger partial charge in [0.2, 0.25) is 0 Å². The van der Waals surface area contributed by atoms with Crippen molar-refractivity contribution in [1.82, 2.24) is 5.32 Å². The number of ether oxygens (including phenoxy) is 1. The number of nitrogens with one attached hydrogen (secondary N) is 1. The van der Waals surface area contributed by atoms with Crippen LogP contribution < -0.4 is 10.1 Å². The van der Waals surface area contributed by atoms with Crippen molar-refractivity contribution in [3.05, 3.63) is 42.0 Å². The van der Waals surface area contributed by atoms with Gasteiger partial charge >= 0.3 is 0 Å². The summed E-state index contributed by atoms with van der Waals surface area (Å²) in [4.78, 5) is 0. The molecule has 1 aliphatic carbocycles. The van der Waals surface area contributed by atoms with Gasteiger partial charge in [-0.25, -0.2) is 0 Å². The number of benzene rings is 2. The van der Waals surface area contributed by atoms with Crippen LogP contribution in [0.25, 0.3) is 10.8 Å². The molecule has 2 aromatic rings. The monoisotopic (exact) mass is 283 g/mol. The highest BCUT2D eigenvalue weighted by atomic mass is 16.5. The van der Waals surface area contributed by atoms with E-state index in [1.165, 1.54) is 29.2 Å². The zero-order chi connectivity index (χ0) is 14.7. The van der Waals surface area contributed by atoms with Gasteiger partial charge in [-0.05, 0) is 48.1 Å². The first-order valence-corrected chi connectivity index (χ1v) is 8.08. The molecule has 0 atom stereocenters. The molecule has 0 bridgehead atoms. The van der Waals surface area contributed by atoms with Gasteiger partial charge in [0.15, 0.2) is 0 Å². The second kappa shape index (κ2) is 6.48. The summed E-state index contributed by atoms with van der Waals surface area (Å²) in [7, 11) is 0. The van der Waals surface area contributed by atoms with E-state index in [1.54, 1.807) is 0 Å². The Morgan fingerprint density at radius 3 is 2.71 bits per heavy atom. The van der Waals surface area contributed by atoms with Crippen LogP contribution in [-0.4, -0.2) is 13.2 Å². The summed E-state index contributed by atoms with van der Waals surface area (Å²) in [5.74, 6) is 2.48. The summed E-state index contributed by atoms with van der Waals surface area (Å²) < 4.78 is 6.04. The second-order valence-electron chi connectivity index (χ2n) is 6.54. The van der Waals surface area contributed by atoms with Crippen LogP contribution in [-0.2, 0) is 6.54 Å². The van der Waals surface area contributed by atoms with Crippen molar-refractivity contribution in [2.24, 2.45) is 11.8 Å². The van der Waals surface area contributed by atoms with Gasteiger partial charge in [-0.3, -0.25) is 0 Å². The van der Waals surface area contributed by atoms with Crippen LogP contribution in [0.5, 0.6) is 5.75 Å². The molecule has 2 heteroatoms. The first kappa shape index (κ1) is 14.4. The second-order valence-corrected chi connectivity index (χ2v) is 6.54. The Morgan fingerprint density at radius 1 is 1.14 bits per heavy atom. The van der Waals surface area contributed by atoms with Gasteiger partial charge in [-0.2, -0.15) is 0 Å². The predicted molar refractivity (Wildman–Crippen MR) is 88.7 cm³/mol. The largest absolute Gasteiger partial charge is 0.493 e.